The van der Waals surface area contributed by atoms with E-state index in [1.807, 2.05) is 24.3 Å². The predicted molar refractivity (Wildman–Crippen MR) is 189 cm³/mol. The zero-order chi connectivity index (χ0) is 32.1. The summed E-state index contributed by atoms with van der Waals surface area (Å²) in [5.74, 6) is 0.563. The number of carbonyl (C=O) groups excluding carboxylic acids is 1. The molecule has 240 valence electrons. The second kappa shape index (κ2) is 16.6. The first-order valence-electron chi connectivity index (χ1n) is 16.9. The van der Waals surface area contributed by atoms with E-state index in [1.54, 1.807) is 6.07 Å². The molecular weight excluding hydrogens is 575 g/mol. The third-order valence-electron chi connectivity index (χ3n) is 8.69. The second-order valence-electron chi connectivity index (χ2n) is 13.2. The summed E-state index contributed by atoms with van der Waals surface area (Å²) in [7, 11) is -2.85. The maximum Gasteiger partial charge on any atom is 0.336 e. The molecule has 0 aliphatic carbocycles. The van der Waals surface area contributed by atoms with Gasteiger partial charge in [0.15, 0.2) is 0 Å². The van der Waals surface area contributed by atoms with Gasteiger partial charge >= 0.3 is 13.9 Å². The molecule has 0 bridgehead atoms. The zero-order valence-corrected chi connectivity index (χ0v) is 28.7. The van der Waals surface area contributed by atoms with E-state index >= 15 is 0 Å². The Hall–Kier alpha value is -3.64. The minimum atomic E-state index is -2.85. The number of rotatable bonds is 17. The average molecular weight is 626 g/mol. The van der Waals surface area contributed by atoms with Crippen LogP contribution in [-0.2, 0) is 11.2 Å². The highest BCUT2D eigenvalue weighted by Gasteiger charge is 2.52. The Balaban J connectivity index is 1.44. The molecule has 0 aliphatic rings. The molecule has 5 nitrogen and oxygen atoms in total. The van der Waals surface area contributed by atoms with Crippen LogP contribution in [0.4, 0.5) is 0 Å². The maximum absolute atomic E-state index is 12.8. The van der Waals surface area contributed by atoms with Gasteiger partial charge in [-0.2, -0.15) is 0 Å². The molecule has 1 amide bonds. The molecule has 4 aromatic rings. The smallest absolute Gasteiger partial charge is 0.336 e. The normalized spacial score (nSPS) is 11.9. The van der Waals surface area contributed by atoms with Gasteiger partial charge in [0.1, 0.15) is 11.3 Å². The van der Waals surface area contributed by atoms with E-state index in [0.717, 1.165) is 28.6 Å². The Morgan fingerprint density at radius 3 is 1.87 bits per heavy atom. The molecule has 6 heteroatoms. The van der Waals surface area contributed by atoms with Crippen LogP contribution in [0.15, 0.2) is 94.1 Å². The highest BCUT2D eigenvalue weighted by Crippen LogP contribution is 2.38. The van der Waals surface area contributed by atoms with Gasteiger partial charge < -0.3 is 14.2 Å². The minimum absolute atomic E-state index is 0.0783. The first-order chi connectivity index (χ1) is 21.7. The lowest BCUT2D eigenvalue weighted by Gasteiger charge is -2.43. The van der Waals surface area contributed by atoms with Gasteiger partial charge in [-0.05, 0) is 39.5 Å². The number of amides is 1. The molecule has 0 atom stereocenters. The first-order valence-corrected chi connectivity index (χ1v) is 18.8. The highest BCUT2D eigenvalue weighted by atomic mass is 28.4. The molecular formula is C39H51NO4Si. The van der Waals surface area contributed by atoms with Gasteiger partial charge in [-0.25, -0.2) is 4.79 Å². The molecule has 1 N–H and O–H groups in total. The van der Waals surface area contributed by atoms with Gasteiger partial charge in [-0.1, -0.05) is 146 Å². The fraction of sp³-hybridized carbons (Fsp3) is 0.436. The maximum atomic E-state index is 12.8. The largest absolute Gasteiger partial charge is 0.534 e. The van der Waals surface area contributed by atoms with Gasteiger partial charge in [0.05, 0.1) is 6.42 Å². The molecule has 4 rings (SSSR count). The number of hydrogen-bond donors (Lipinski definition) is 1. The molecule has 0 saturated carbocycles. The van der Waals surface area contributed by atoms with Gasteiger partial charge in [0.25, 0.3) is 0 Å². The van der Waals surface area contributed by atoms with E-state index in [0.29, 0.717) is 23.4 Å². The van der Waals surface area contributed by atoms with Crippen molar-refractivity contribution >= 4 is 35.6 Å². The summed E-state index contributed by atoms with van der Waals surface area (Å²) in [6.07, 6.45) is 12.7. The summed E-state index contributed by atoms with van der Waals surface area (Å²) in [4.78, 5) is 25.5. The molecule has 0 spiro atoms. The molecule has 45 heavy (non-hydrogen) atoms. The van der Waals surface area contributed by atoms with E-state index < -0.39 is 13.9 Å². The van der Waals surface area contributed by atoms with Crippen LogP contribution in [0.25, 0.3) is 11.0 Å². The summed E-state index contributed by atoms with van der Waals surface area (Å²) in [6.45, 7) is 9.60. The predicted octanol–water partition coefficient (Wildman–Crippen LogP) is 8.31. The summed E-state index contributed by atoms with van der Waals surface area (Å²) in [5.41, 5.74) is 0.622. The molecule has 3 aromatic carbocycles. The minimum Gasteiger partial charge on any atom is -0.534 e. The van der Waals surface area contributed by atoms with Crippen LogP contribution in [0.3, 0.4) is 0 Å². The van der Waals surface area contributed by atoms with E-state index in [1.165, 1.54) is 57.4 Å². The Bertz CT molecular complexity index is 1500. The van der Waals surface area contributed by atoms with Crippen molar-refractivity contribution in [1.82, 2.24) is 5.32 Å². The van der Waals surface area contributed by atoms with E-state index in [-0.39, 0.29) is 17.4 Å². The van der Waals surface area contributed by atoms with Crippen molar-refractivity contribution in [1.29, 1.82) is 0 Å². The molecule has 0 fully saturated rings. The third-order valence-corrected chi connectivity index (χ3v) is 13.6. The lowest BCUT2D eigenvalue weighted by Crippen LogP contribution is -2.68. The molecule has 0 saturated heterocycles. The standard InChI is InChI=1S/C39H51NO4Si/c1-5-6-7-8-9-10-11-12-13-20-27-40-37(41)28-31-29-38(42)43-36-30-32(25-26-35(31)36)44-45(39(2,3)4,33-21-16-14-17-22-33)34-23-18-15-19-24-34/h14-19,21-26,29-30H,5-13,20,27-28H2,1-4H3,(H,40,41). The van der Waals surface area contributed by atoms with Crippen molar-refractivity contribution in [2.24, 2.45) is 0 Å². The number of nitrogens with one attached hydrogen (secondary N) is 1. The van der Waals surface area contributed by atoms with Gasteiger partial charge in [0, 0.05) is 24.1 Å². The quantitative estimate of drug-likeness (QED) is 0.0728. The molecule has 1 aromatic heterocycles. The Labute approximate surface area is 270 Å². The van der Waals surface area contributed by atoms with Crippen LogP contribution in [-0.4, -0.2) is 20.8 Å². The molecule has 1 heterocycles. The average Bonchev–Trinajstić information content (AvgIpc) is 3.02. The van der Waals surface area contributed by atoms with Crippen molar-refractivity contribution < 1.29 is 13.6 Å². The van der Waals surface area contributed by atoms with Crippen LogP contribution in [0.2, 0.25) is 5.04 Å². The van der Waals surface area contributed by atoms with Crippen LogP contribution < -0.4 is 25.7 Å². The van der Waals surface area contributed by atoms with Crippen molar-refractivity contribution in [3.8, 4) is 5.75 Å². The van der Waals surface area contributed by atoms with E-state index in [2.05, 4.69) is 81.5 Å². The fourth-order valence-electron chi connectivity index (χ4n) is 6.32. The summed E-state index contributed by atoms with van der Waals surface area (Å²) in [6, 6.07) is 28.0. The van der Waals surface area contributed by atoms with E-state index in [9.17, 15) is 9.59 Å². The summed E-state index contributed by atoms with van der Waals surface area (Å²) >= 11 is 0. The Kier molecular flexibility index (Phi) is 12.6. The second-order valence-corrected chi connectivity index (χ2v) is 17.4. The third kappa shape index (κ3) is 9.20. The Morgan fingerprint density at radius 2 is 1.31 bits per heavy atom. The van der Waals surface area contributed by atoms with Crippen molar-refractivity contribution in [3.05, 3.63) is 101 Å². The number of benzene rings is 3. The van der Waals surface area contributed by atoms with E-state index in [4.69, 9.17) is 8.84 Å². The van der Waals surface area contributed by atoms with Crippen LogP contribution in [0.5, 0.6) is 5.75 Å². The number of hydrogen-bond acceptors (Lipinski definition) is 4. The van der Waals surface area contributed by atoms with Gasteiger partial charge in [-0.3, -0.25) is 4.79 Å². The topological polar surface area (TPSA) is 68.5 Å². The van der Waals surface area contributed by atoms with Crippen molar-refractivity contribution in [2.75, 3.05) is 6.54 Å². The number of unbranched alkanes of at least 4 members (excludes halogenated alkanes) is 9. The lowest BCUT2D eigenvalue weighted by atomic mass is 10.1. The molecule has 0 unspecified atom stereocenters. The monoisotopic (exact) mass is 625 g/mol. The van der Waals surface area contributed by atoms with Crippen LogP contribution in [0, 0.1) is 0 Å². The van der Waals surface area contributed by atoms with Gasteiger partial charge in [-0.15, -0.1) is 0 Å². The van der Waals surface area contributed by atoms with Crippen LogP contribution >= 0.6 is 0 Å². The molecule has 0 radical (unpaired) electrons. The van der Waals surface area contributed by atoms with Crippen molar-refractivity contribution in [3.63, 3.8) is 0 Å². The molecule has 0 aliphatic heterocycles. The zero-order valence-electron chi connectivity index (χ0n) is 27.7. The Morgan fingerprint density at radius 1 is 0.756 bits per heavy atom. The van der Waals surface area contributed by atoms with Gasteiger partial charge in [0.2, 0.25) is 5.91 Å². The summed E-state index contributed by atoms with van der Waals surface area (Å²) < 4.78 is 12.8. The first kappa shape index (κ1) is 34.2. The van der Waals surface area contributed by atoms with Crippen molar-refractivity contribution in [2.45, 2.75) is 103 Å². The highest BCUT2D eigenvalue weighted by molar-refractivity contribution is 7.00. The number of carbonyl (C=O) groups is 1. The fourth-order valence-corrected chi connectivity index (χ4v) is 10.7. The SMILES string of the molecule is CCCCCCCCCCCCNC(=O)Cc1cc(=O)oc2cc(O[Si](c3ccccc3)(c3ccccc3)C(C)(C)C)ccc12. The summed E-state index contributed by atoms with van der Waals surface area (Å²) in [5, 5.41) is 5.91. The number of fused-ring (bicyclic) bond motifs is 1. The lowest BCUT2D eigenvalue weighted by molar-refractivity contribution is -0.120. The van der Waals surface area contributed by atoms with Crippen LogP contribution in [0.1, 0.15) is 97.5 Å².